The van der Waals surface area contributed by atoms with E-state index in [0.717, 1.165) is 31.4 Å². The van der Waals surface area contributed by atoms with E-state index in [1.165, 1.54) is 12.1 Å². The van der Waals surface area contributed by atoms with E-state index >= 15 is 0 Å². The molecule has 0 heterocycles. The first-order chi connectivity index (χ1) is 17.2. The van der Waals surface area contributed by atoms with E-state index in [9.17, 15) is 9.18 Å². The molecule has 0 aliphatic rings. The molecule has 0 saturated heterocycles. The summed E-state index contributed by atoms with van der Waals surface area (Å²) in [5.41, 5.74) is 2.44. The van der Waals surface area contributed by atoms with Crippen LogP contribution in [0.1, 0.15) is 30.5 Å². The minimum atomic E-state index is -0.764. The second-order valence-electron chi connectivity index (χ2n) is 9.19. The Morgan fingerprint density at radius 1 is 0.778 bits per heavy atom. The number of hydrogen-bond donors (Lipinski definition) is 0. The zero-order chi connectivity index (χ0) is 25.7. The fraction of sp³-hybridized carbons (Fsp3) is 0.194. The summed E-state index contributed by atoms with van der Waals surface area (Å²) in [5, 5.41) is 0. The quantitative estimate of drug-likeness (QED) is 0.186. The number of carbonyl (C=O) groups excluding carboxylic acids is 1. The van der Waals surface area contributed by atoms with Crippen molar-refractivity contribution < 1.29 is 18.7 Å². The average Bonchev–Trinajstić information content (AvgIpc) is 2.85. The molecule has 4 rings (SSSR count). The SMILES string of the molecule is Cc1cc(C)cc(C(C)(C)OC(=O)COc2ccc([S+](c3ccccc3)c3ccc(F)cc3)cc2)c1. The van der Waals surface area contributed by atoms with Gasteiger partial charge in [0.2, 0.25) is 0 Å². The highest BCUT2D eigenvalue weighted by Gasteiger charge is 2.29. The summed E-state index contributed by atoms with van der Waals surface area (Å²) in [5.74, 6) is -0.110. The van der Waals surface area contributed by atoms with Crippen molar-refractivity contribution in [1.82, 2.24) is 0 Å². The van der Waals surface area contributed by atoms with Crippen LogP contribution in [0.15, 0.2) is 112 Å². The van der Waals surface area contributed by atoms with Crippen molar-refractivity contribution in [3.63, 3.8) is 0 Å². The third kappa shape index (κ3) is 6.35. The second-order valence-corrected chi connectivity index (χ2v) is 11.2. The lowest BCUT2D eigenvalue weighted by Crippen LogP contribution is -2.28. The molecule has 0 aliphatic carbocycles. The highest BCUT2D eigenvalue weighted by atomic mass is 32.2. The molecule has 0 aliphatic heterocycles. The maximum absolute atomic E-state index is 13.5. The molecule has 5 heteroatoms. The minimum absolute atomic E-state index is 0.185. The zero-order valence-corrected chi connectivity index (χ0v) is 21.8. The summed E-state index contributed by atoms with van der Waals surface area (Å²) in [6.07, 6.45) is 0. The summed E-state index contributed by atoms with van der Waals surface area (Å²) in [4.78, 5) is 15.8. The van der Waals surface area contributed by atoms with Crippen LogP contribution in [0.2, 0.25) is 0 Å². The van der Waals surface area contributed by atoms with Gasteiger partial charge in [0.05, 0.1) is 10.9 Å². The maximum atomic E-state index is 13.5. The molecule has 36 heavy (non-hydrogen) atoms. The molecule has 3 nitrogen and oxygen atoms in total. The number of carbonyl (C=O) groups is 1. The number of ether oxygens (including phenoxy) is 2. The van der Waals surface area contributed by atoms with E-state index < -0.39 is 22.5 Å². The van der Waals surface area contributed by atoms with Gasteiger partial charge in [-0.1, -0.05) is 47.5 Å². The molecule has 0 bridgehead atoms. The van der Waals surface area contributed by atoms with E-state index in [4.69, 9.17) is 9.47 Å². The van der Waals surface area contributed by atoms with Crippen LogP contribution in [0.3, 0.4) is 0 Å². The molecule has 0 amide bonds. The van der Waals surface area contributed by atoms with Crippen molar-refractivity contribution >= 4 is 16.9 Å². The number of benzene rings is 4. The summed E-state index contributed by atoms with van der Waals surface area (Å²) in [7, 11) is -0.396. The van der Waals surface area contributed by atoms with E-state index in [0.29, 0.717) is 5.75 Å². The molecule has 1 unspecified atom stereocenters. The third-order valence-corrected chi connectivity index (χ3v) is 7.96. The second kappa shape index (κ2) is 11.0. The molecule has 4 aromatic rings. The summed E-state index contributed by atoms with van der Waals surface area (Å²) >= 11 is 0. The number of hydrogen-bond acceptors (Lipinski definition) is 3. The normalized spacial score (nSPS) is 12.1. The Morgan fingerprint density at radius 2 is 1.31 bits per heavy atom. The van der Waals surface area contributed by atoms with Crippen molar-refractivity contribution in [3.8, 4) is 5.75 Å². The summed E-state index contributed by atoms with van der Waals surface area (Å²) < 4.78 is 25.0. The molecular weight excluding hydrogens is 471 g/mol. The molecule has 1 atom stereocenters. The average molecular weight is 502 g/mol. The van der Waals surface area contributed by atoms with E-state index in [1.54, 1.807) is 0 Å². The van der Waals surface area contributed by atoms with Gasteiger partial charge in [-0.25, -0.2) is 9.18 Å². The van der Waals surface area contributed by atoms with E-state index in [-0.39, 0.29) is 12.4 Å². The molecular formula is C31H30FO3S+. The molecule has 0 fully saturated rings. The van der Waals surface area contributed by atoms with Crippen LogP contribution in [0.4, 0.5) is 4.39 Å². The van der Waals surface area contributed by atoms with Crippen LogP contribution >= 0.6 is 0 Å². The van der Waals surface area contributed by atoms with Crippen LogP contribution in [-0.4, -0.2) is 12.6 Å². The van der Waals surface area contributed by atoms with E-state index in [1.807, 2.05) is 94.4 Å². The van der Waals surface area contributed by atoms with Crippen molar-refractivity contribution in [2.45, 2.75) is 48.0 Å². The standard InChI is InChI=1S/C31H30FO3S/c1-22-18-23(2)20-24(19-22)31(3,4)35-30(33)21-34-26-12-16-29(17-13-26)36(27-8-6-5-7-9-27)28-14-10-25(32)11-15-28/h5-20H,21H2,1-4H3/q+1. The van der Waals surface area contributed by atoms with Gasteiger partial charge in [0, 0.05) is 0 Å². The van der Waals surface area contributed by atoms with Gasteiger partial charge in [-0.3, -0.25) is 0 Å². The summed E-state index contributed by atoms with van der Waals surface area (Å²) in [6.45, 7) is 7.64. The van der Waals surface area contributed by atoms with Crippen molar-refractivity contribution in [1.29, 1.82) is 0 Å². The predicted molar refractivity (Wildman–Crippen MR) is 142 cm³/mol. The Bertz CT molecular complexity index is 1300. The van der Waals surface area contributed by atoms with Gasteiger partial charge in [-0.15, -0.1) is 0 Å². The molecule has 0 saturated carbocycles. The fourth-order valence-electron chi connectivity index (χ4n) is 4.04. The molecule has 0 N–H and O–H groups in total. The fourth-order valence-corrected chi connectivity index (χ4v) is 6.11. The first-order valence-corrected chi connectivity index (χ1v) is 13.0. The third-order valence-electron chi connectivity index (χ3n) is 5.73. The Kier molecular flexibility index (Phi) is 7.80. The highest BCUT2D eigenvalue weighted by molar-refractivity contribution is 7.97. The number of rotatable bonds is 8. The topological polar surface area (TPSA) is 35.5 Å². The number of esters is 1. The van der Waals surface area contributed by atoms with Gasteiger partial charge < -0.3 is 9.47 Å². The Balaban J connectivity index is 1.45. The Hall–Kier alpha value is -3.57. The van der Waals surface area contributed by atoms with Gasteiger partial charge in [0.15, 0.2) is 21.3 Å². The van der Waals surface area contributed by atoms with Gasteiger partial charge in [-0.2, -0.15) is 0 Å². The zero-order valence-electron chi connectivity index (χ0n) is 21.0. The lowest BCUT2D eigenvalue weighted by atomic mass is 9.94. The van der Waals surface area contributed by atoms with Gasteiger partial charge in [-0.05, 0) is 93.9 Å². The predicted octanol–water partition coefficient (Wildman–Crippen LogP) is 7.40. The van der Waals surface area contributed by atoms with Crippen molar-refractivity contribution in [2.75, 3.05) is 6.61 Å². The van der Waals surface area contributed by atoms with Crippen LogP contribution < -0.4 is 4.74 Å². The lowest BCUT2D eigenvalue weighted by molar-refractivity contribution is -0.159. The monoisotopic (exact) mass is 501 g/mol. The van der Waals surface area contributed by atoms with Crippen LogP contribution in [0.5, 0.6) is 5.75 Å². The largest absolute Gasteiger partial charge is 0.482 e. The minimum Gasteiger partial charge on any atom is -0.482 e. The highest BCUT2D eigenvalue weighted by Crippen LogP contribution is 2.32. The first-order valence-electron chi connectivity index (χ1n) is 11.8. The Labute approximate surface area is 215 Å². The molecule has 0 spiro atoms. The molecule has 4 aromatic carbocycles. The van der Waals surface area contributed by atoms with Crippen LogP contribution in [0, 0.1) is 19.7 Å². The van der Waals surface area contributed by atoms with Gasteiger partial charge in [0.25, 0.3) is 0 Å². The Morgan fingerprint density at radius 3 is 1.89 bits per heavy atom. The number of aryl methyl sites for hydroxylation is 2. The molecule has 0 aromatic heterocycles. The van der Waals surface area contributed by atoms with Crippen molar-refractivity contribution in [3.05, 3.63) is 120 Å². The van der Waals surface area contributed by atoms with Crippen molar-refractivity contribution in [2.24, 2.45) is 0 Å². The van der Waals surface area contributed by atoms with Gasteiger partial charge in [0.1, 0.15) is 17.2 Å². The van der Waals surface area contributed by atoms with Crippen LogP contribution in [0.25, 0.3) is 0 Å². The summed E-state index contributed by atoms with van der Waals surface area (Å²) in [6, 6.07) is 30.6. The lowest BCUT2D eigenvalue weighted by Gasteiger charge is -2.26. The van der Waals surface area contributed by atoms with Crippen LogP contribution in [-0.2, 0) is 26.0 Å². The molecule has 0 radical (unpaired) electrons. The number of halogens is 1. The maximum Gasteiger partial charge on any atom is 0.345 e. The smallest absolute Gasteiger partial charge is 0.345 e. The van der Waals surface area contributed by atoms with E-state index in [2.05, 4.69) is 18.2 Å². The first kappa shape index (κ1) is 25.5. The molecule has 184 valence electrons. The van der Waals surface area contributed by atoms with Gasteiger partial charge >= 0.3 is 5.97 Å².